The standard InChI is InChI=1S/C13H29NO4/c1-3-6-14-13(12-15)5-9-18-11-10-17-8-4-7-16-2/h13-15H,3-12H2,1-2H3. The summed E-state index contributed by atoms with van der Waals surface area (Å²) >= 11 is 0. The molecule has 0 aromatic carbocycles. The summed E-state index contributed by atoms with van der Waals surface area (Å²) in [6.45, 7) is 6.55. The number of aliphatic hydroxyl groups is 1. The van der Waals surface area contributed by atoms with Gasteiger partial charge in [-0.05, 0) is 25.8 Å². The van der Waals surface area contributed by atoms with Gasteiger partial charge in [0.15, 0.2) is 0 Å². The second-order valence-electron chi connectivity index (χ2n) is 4.19. The first kappa shape index (κ1) is 17.8. The lowest BCUT2D eigenvalue weighted by molar-refractivity contribution is 0.0354. The van der Waals surface area contributed by atoms with E-state index in [1.54, 1.807) is 7.11 Å². The molecule has 0 heterocycles. The highest BCUT2D eigenvalue weighted by atomic mass is 16.5. The van der Waals surface area contributed by atoms with E-state index in [0.29, 0.717) is 26.4 Å². The summed E-state index contributed by atoms with van der Waals surface area (Å²) in [5.41, 5.74) is 0. The van der Waals surface area contributed by atoms with E-state index in [9.17, 15) is 0 Å². The second kappa shape index (κ2) is 14.9. The maximum Gasteiger partial charge on any atom is 0.0700 e. The molecule has 0 fully saturated rings. The van der Waals surface area contributed by atoms with E-state index in [-0.39, 0.29) is 12.6 Å². The van der Waals surface area contributed by atoms with Crippen LogP contribution in [-0.4, -0.2) is 64.4 Å². The zero-order valence-corrected chi connectivity index (χ0v) is 11.8. The third-order valence-electron chi connectivity index (χ3n) is 2.52. The van der Waals surface area contributed by atoms with Crippen LogP contribution in [0.25, 0.3) is 0 Å². The highest BCUT2D eigenvalue weighted by Gasteiger charge is 2.05. The number of rotatable bonds is 14. The average molecular weight is 263 g/mol. The smallest absolute Gasteiger partial charge is 0.0700 e. The van der Waals surface area contributed by atoms with Crippen molar-refractivity contribution in [2.24, 2.45) is 0 Å². The first-order valence-electron chi connectivity index (χ1n) is 6.83. The van der Waals surface area contributed by atoms with Crippen LogP contribution < -0.4 is 5.32 Å². The predicted molar refractivity (Wildman–Crippen MR) is 71.9 cm³/mol. The second-order valence-corrected chi connectivity index (χ2v) is 4.19. The van der Waals surface area contributed by atoms with Gasteiger partial charge in [0.05, 0.1) is 19.8 Å². The molecule has 0 aliphatic rings. The van der Waals surface area contributed by atoms with Gasteiger partial charge in [-0.1, -0.05) is 6.92 Å². The molecule has 0 aliphatic carbocycles. The summed E-state index contributed by atoms with van der Waals surface area (Å²) in [6, 6.07) is 0.146. The number of methoxy groups -OCH3 is 1. The molecule has 5 nitrogen and oxygen atoms in total. The topological polar surface area (TPSA) is 60.0 Å². The molecule has 2 N–H and O–H groups in total. The first-order valence-corrected chi connectivity index (χ1v) is 6.83. The lowest BCUT2D eigenvalue weighted by Crippen LogP contribution is -2.34. The first-order chi connectivity index (χ1) is 8.85. The summed E-state index contributed by atoms with van der Waals surface area (Å²) < 4.78 is 15.7. The van der Waals surface area contributed by atoms with Crippen LogP contribution >= 0.6 is 0 Å². The van der Waals surface area contributed by atoms with Crippen LogP contribution in [0.3, 0.4) is 0 Å². The number of ether oxygens (including phenoxy) is 3. The fraction of sp³-hybridized carbons (Fsp3) is 1.00. The fourth-order valence-corrected chi connectivity index (χ4v) is 1.46. The van der Waals surface area contributed by atoms with Crippen LogP contribution in [0.1, 0.15) is 26.2 Å². The Bertz CT molecular complexity index is 158. The molecule has 0 radical (unpaired) electrons. The van der Waals surface area contributed by atoms with Crippen molar-refractivity contribution in [2.75, 3.05) is 53.3 Å². The Morgan fingerprint density at radius 2 is 1.78 bits per heavy atom. The van der Waals surface area contributed by atoms with E-state index in [1.165, 1.54) is 0 Å². The molecule has 1 unspecified atom stereocenters. The van der Waals surface area contributed by atoms with Crippen LogP contribution in [0.5, 0.6) is 0 Å². The van der Waals surface area contributed by atoms with Gasteiger partial charge in [-0.15, -0.1) is 0 Å². The minimum Gasteiger partial charge on any atom is -0.395 e. The maximum atomic E-state index is 9.12. The molecular formula is C13H29NO4. The van der Waals surface area contributed by atoms with E-state index in [4.69, 9.17) is 19.3 Å². The number of hydrogen-bond donors (Lipinski definition) is 2. The molecule has 0 saturated carbocycles. The van der Waals surface area contributed by atoms with E-state index < -0.39 is 0 Å². The molecule has 0 spiro atoms. The SMILES string of the molecule is CCCNC(CO)CCOCCOCCCOC. The van der Waals surface area contributed by atoms with Gasteiger partial charge in [-0.25, -0.2) is 0 Å². The number of nitrogens with one attached hydrogen (secondary N) is 1. The van der Waals surface area contributed by atoms with Crippen molar-refractivity contribution in [2.45, 2.75) is 32.2 Å². The molecule has 0 aromatic rings. The molecule has 18 heavy (non-hydrogen) atoms. The van der Waals surface area contributed by atoms with Crippen LogP contribution in [-0.2, 0) is 14.2 Å². The lowest BCUT2D eigenvalue weighted by atomic mass is 10.2. The Balaban J connectivity index is 3.17. The van der Waals surface area contributed by atoms with Crippen molar-refractivity contribution in [1.82, 2.24) is 5.32 Å². The summed E-state index contributed by atoms with van der Waals surface area (Å²) in [7, 11) is 1.69. The predicted octanol–water partition coefficient (Wildman–Crippen LogP) is 0.807. The Hall–Kier alpha value is -0.200. The van der Waals surface area contributed by atoms with E-state index in [2.05, 4.69) is 12.2 Å². The highest BCUT2D eigenvalue weighted by molar-refractivity contribution is 4.64. The molecule has 0 saturated heterocycles. The number of aliphatic hydroxyl groups excluding tert-OH is 1. The van der Waals surface area contributed by atoms with Crippen molar-refractivity contribution in [3.63, 3.8) is 0 Å². The van der Waals surface area contributed by atoms with Crippen molar-refractivity contribution in [3.05, 3.63) is 0 Å². The zero-order valence-electron chi connectivity index (χ0n) is 11.8. The van der Waals surface area contributed by atoms with E-state index in [0.717, 1.165) is 32.4 Å². The van der Waals surface area contributed by atoms with Crippen LogP contribution in [0.4, 0.5) is 0 Å². The van der Waals surface area contributed by atoms with Gasteiger partial charge in [-0.3, -0.25) is 0 Å². The molecule has 110 valence electrons. The van der Waals surface area contributed by atoms with E-state index in [1.807, 2.05) is 0 Å². The van der Waals surface area contributed by atoms with Crippen molar-refractivity contribution >= 4 is 0 Å². The van der Waals surface area contributed by atoms with Crippen LogP contribution in [0.15, 0.2) is 0 Å². The molecule has 0 aromatic heterocycles. The van der Waals surface area contributed by atoms with Gasteiger partial charge in [0.1, 0.15) is 0 Å². The molecular weight excluding hydrogens is 234 g/mol. The molecule has 0 aliphatic heterocycles. The minimum absolute atomic E-state index is 0.146. The monoisotopic (exact) mass is 263 g/mol. The Morgan fingerprint density at radius 3 is 2.39 bits per heavy atom. The van der Waals surface area contributed by atoms with Gasteiger partial charge < -0.3 is 24.6 Å². The molecule has 0 bridgehead atoms. The zero-order chi connectivity index (χ0) is 13.5. The highest BCUT2D eigenvalue weighted by Crippen LogP contribution is 1.93. The molecule has 0 rings (SSSR count). The van der Waals surface area contributed by atoms with Crippen molar-refractivity contribution in [1.29, 1.82) is 0 Å². The lowest BCUT2D eigenvalue weighted by Gasteiger charge is -2.15. The van der Waals surface area contributed by atoms with Gasteiger partial charge >= 0.3 is 0 Å². The number of hydrogen-bond acceptors (Lipinski definition) is 5. The average Bonchev–Trinajstić information content (AvgIpc) is 2.40. The summed E-state index contributed by atoms with van der Waals surface area (Å²) in [5, 5.41) is 12.4. The van der Waals surface area contributed by atoms with Gasteiger partial charge in [0.25, 0.3) is 0 Å². The van der Waals surface area contributed by atoms with Gasteiger partial charge in [-0.2, -0.15) is 0 Å². The third-order valence-corrected chi connectivity index (χ3v) is 2.52. The normalized spacial score (nSPS) is 12.8. The maximum absolute atomic E-state index is 9.12. The minimum atomic E-state index is 0.146. The summed E-state index contributed by atoms with van der Waals surface area (Å²) in [6.07, 6.45) is 2.83. The molecule has 5 heteroatoms. The summed E-state index contributed by atoms with van der Waals surface area (Å²) in [5.74, 6) is 0. The Labute approximate surface area is 111 Å². The van der Waals surface area contributed by atoms with Crippen molar-refractivity contribution in [3.8, 4) is 0 Å². The van der Waals surface area contributed by atoms with Crippen LogP contribution in [0, 0.1) is 0 Å². The summed E-state index contributed by atoms with van der Waals surface area (Å²) in [4.78, 5) is 0. The molecule has 0 amide bonds. The quantitative estimate of drug-likeness (QED) is 0.454. The Morgan fingerprint density at radius 1 is 1.06 bits per heavy atom. The van der Waals surface area contributed by atoms with Crippen LogP contribution in [0.2, 0.25) is 0 Å². The molecule has 1 atom stereocenters. The fourth-order valence-electron chi connectivity index (χ4n) is 1.46. The van der Waals surface area contributed by atoms with Gasteiger partial charge in [0.2, 0.25) is 0 Å². The van der Waals surface area contributed by atoms with Crippen molar-refractivity contribution < 1.29 is 19.3 Å². The van der Waals surface area contributed by atoms with Gasteiger partial charge in [0, 0.05) is 33.0 Å². The Kier molecular flexibility index (Phi) is 14.7. The third kappa shape index (κ3) is 12.3. The van der Waals surface area contributed by atoms with E-state index >= 15 is 0 Å². The largest absolute Gasteiger partial charge is 0.395 e.